The van der Waals surface area contributed by atoms with Crippen LogP contribution in [0.3, 0.4) is 0 Å². The minimum absolute atomic E-state index is 0.217. The monoisotopic (exact) mass is 445 g/mol. The first-order valence-electron chi connectivity index (χ1n) is 9.85. The molecular weight excluding hydrogens is 420 g/mol. The smallest absolute Gasteiger partial charge is 0.258 e. The van der Waals surface area contributed by atoms with E-state index in [1.54, 1.807) is 18.4 Å². The topological polar surface area (TPSA) is 87.0 Å². The van der Waals surface area contributed by atoms with Crippen molar-refractivity contribution in [1.82, 2.24) is 4.90 Å². The van der Waals surface area contributed by atoms with Crippen molar-refractivity contribution in [1.29, 1.82) is 0 Å². The van der Waals surface area contributed by atoms with E-state index in [1.807, 2.05) is 35.2 Å². The van der Waals surface area contributed by atoms with Crippen LogP contribution in [0.25, 0.3) is 0 Å². The molecule has 1 atom stereocenters. The number of hydrogen-bond acceptors (Lipinski definition) is 4. The molecule has 0 amide bonds. The van der Waals surface area contributed by atoms with Crippen LogP contribution in [0, 0.1) is 5.25 Å². The van der Waals surface area contributed by atoms with Crippen LogP contribution in [0.2, 0.25) is 0 Å². The summed E-state index contributed by atoms with van der Waals surface area (Å²) in [6.45, 7) is 2.82. The summed E-state index contributed by atoms with van der Waals surface area (Å²) in [5.74, 6) is 0. The van der Waals surface area contributed by atoms with Gasteiger partial charge in [0, 0.05) is 22.9 Å². The predicted molar refractivity (Wildman–Crippen MR) is 122 cm³/mol. The van der Waals surface area contributed by atoms with E-state index in [4.69, 9.17) is 0 Å². The van der Waals surface area contributed by atoms with Crippen molar-refractivity contribution in [3.63, 3.8) is 0 Å². The van der Waals surface area contributed by atoms with Gasteiger partial charge in [-0.3, -0.25) is 4.55 Å². The molecule has 0 spiro atoms. The third-order valence-corrected chi connectivity index (χ3v) is 6.87. The van der Waals surface area contributed by atoms with E-state index >= 15 is 0 Å². The maximum absolute atomic E-state index is 13.2. The highest BCUT2D eigenvalue weighted by Gasteiger charge is 2.27. The zero-order chi connectivity index (χ0) is 21.6. The Morgan fingerprint density at radius 1 is 1.17 bits per heavy atom. The van der Waals surface area contributed by atoms with Gasteiger partial charge in [0.1, 0.15) is 10.8 Å². The van der Waals surface area contributed by atoms with Crippen LogP contribution in [0.15, 0.2) is 82.4 Å². The van der Waals surface area contributed by atoms with E-state index in [1.165, 1.54) is 18.2 Å². The van der Waals surface area contributed by atoms with Crippen molar-refractivity contribution < 1.29 is 17.2 Å². The number of unbranched alkanes of at least 4 members (excludes halogenated alkanes) is 3. The highest BCUT2D eigenvalue weighted by Crippen LogP contribution is 2.30. The Hall–Kier alpha value is -2.42. The van der Waals surface area contributed by atoms with Crippen LogP contribution in [-0.4, -0.2) is 33.8 Å². The van der Waals surface area contributed by atoms with Crippen LogP contribution in [0.5, 0.6) is 0 Å². The normalized spacial score (nSPS) is 21.7. The van der Waals surface area contributed by atoms with Gasteiger partial charge in [0.25, 0.3) is 10.1 Å². The molecule has 0 fully saturated rings. The van der Waals surface area contributed by atoms with Gasteiger partial charge in [0.2, 0.25) is 5.17 Å². The van der Waals surface area contributed by atoms with Crippen molar-refractivity contribution in [2.24, 2.45) is 4.99 Å². The Balaban J connectivity index is 1.92. The first kappa shape index (κ1) is 22.3. The molecule has 160 valence electrons. The maximum Gasteiger partial charge on any atom is 0.258 e. The fraction of sp³-hybridized carbons (Fsp3) is 0.273. The van der Waals surface area contributed by atoms with Gasteiger partial charge in [0.15, 0.2) is 0 Å². The van der Waals surface area contributed by atoms with Crippen molar-refractivity contribution >= 4 is 31.8 Å². The van der Waals surface area contributed by atoms with Crippen molar-refractivity contribution in [3.8, 4) is 0 Å². The molecule has 1 unspecified atom stereocenters. The van der Waals surface area contributed by atoms with E-state index in [2.05, 4.69) is 11.9 Å². The van der Waals surface area contributed by atoms with E-state index in [0.29, 0.717) is 22.3 Å². The van der Waals surface area contributed by atoms with E-state index < -0.39 is 20.9 Å². The summed E-state index contributed by atoms with van der Waals surface area (Å²) in [7, 11) is -5.96. The van der Waals surface area contributed by atoms with Gasteiger partial charge in [-0.15, -0.1) is 36.0 Å². The Morgan fingerprint density at radius 2 is 1.93 bits per heavy atom. The first-order chi connectivity index (χ1) is 14.4. The largest absolute Gasteiger partial charge is 0.325 e. The molecule has 0 saturated heterocycles. The standard InChI is InChI=1S/C22H25N2O4S2/c1-2-3-4-10-15-24-17-20(16-18-11-8-9-14-21(18)30(26,27)28)29(25)22(24)23-19-12-6-5-7-13-19/h5-9,11-14,16-17H,2-4,10,15H2,1H3,(H,26,27,28)/q-1. The van der Waals surface area contributed by atoms with Crippen LogP contribution < -0.4 is 0 Å². The quantitative estimate of drug-likeness (QED) is 0.358. The van der Waals surface area contributed by atoms with Crippen LogP contribution >= 0.6 is 0 Å². The minimum atomic E-state index is -4.39. The second-order valence-electron chi connectivity index (χ2n) is 6.94. The molecule has 0 aromatic heterocycles. The van der Waals surface area contributed by atoms with Gasteiger partial charge in [-0.1, -0.05) is 44.4 Å². The third-order valence-electron chi connectivity index (χ3n) is 4.64. The fourth-order valence-corrected chi connectivity index (χ4v) is 5.02. The fourth-order valence-electron chi connectivity index (χ4n) is 3.14. The summed E-state index contributed by atoms with van der Waals surface area (Å²) in [4.78, 5) is 6.90. The lowest BCUT2D eigenvalue weighted by atomic mass is 10.1. The van der Waals surface area contributed by atoms with E-state index in [0.717, 1.165) is 25.7 Å². The molecule has 1 aromatic carbocycles. The highest BCUT2D eigenvalue weighted by molar-refractivity contribution is 8.04. The predicted octanol–water partition coefficient (Wildman–Crippen LogP) is 4.63. The third kappa shape index (κ3) is 5.59. The van der Waals surface area contributed by atoms with Gasteiger partial charge in [-0.2, -0.15) is 0 Å². The summed E-state index contributed by atoms with van der Waals surface area (Å²) < 4.78 is 46.1. The second-order valence-corrected chi connectivity index (χ2v) is 9.71. The number of amidine groups is 1. The summed E-state index contributed by atoms with van der Waals surface area (Å²) in [6.07, 6.45) is 13.6. The lowest BCUT2D eigenvalue weighted by Crippen LogP contribution is -2.24. The molecule has 0 radical (unpaired) electrons. The molecular formula is C22H25N2O4S2-. The number of rotatable bonds is 8. The number of nitrogens with zero attached hydrogens (tertiary/aromatic N) is 2. The lowest BCUT2D eigenvalue weighted by Gasteiger charge is -2.21. The molecule has 3 rings (SSSR count). The van der Waals surface area contributed by atoms with Gasteiger partial charge >= 0.3 is 0 Å². The first-order valence-corrected chi connectivity index (χ1v) is 12.4. The van der Waals surface area contributed by atoms with Crippen molar-refractivity contribution in [2.45, 2.75) is 32.6 Å². The Bertz CT molecular complexity index is 1040. The molecule has 1 aliphatic heterocycles. The number of aliphatic imine (C=N–C) groups is 1. The highest BCUT2D eigenvalue weighted by atomic mass is 32.2. The summed E-state index contributed by atoms with van der Waals surface area (Å²) in [6, 6.07) is 9.31. The van der Waals surface area contributed by atoms with E-state index in [-0.39, 0.29) is 10.8 Å². The summed E-state index contributed by atoms with van der Waals surface area (Å²) in [5.41, 5.74) is 0.985. The molecule has 6 nitrogen and oxygen atoms in total. The number of para-hydroxylation sites is 1. The summed E-state index contributed by atoms with van der Waals surface area (Å²) in [5, 5.41) is 0.208. The Kier molecular flexibility index (Phi) is 7.47. The Labute approximate surface area is 180 Å². The van der Waals surface area contributed by atoms with Gasteiger partial charge < -0.3 is 4.90 Å². The van der Waals surface area contributed by atoms with E-state index in [9.17, 15) is 17.2 Å². The molecule has 1 N–H and O–H groups in total. The van der Waals surface area contributed by atoms with Crippen LogP contribution in [-0.2, 0) is 20.9 Å². The molecule has 0 bridgehead atoms. The zero-order valence-corrected chi connectivity index (χ0v) is 18.4. The van der Waals surface area contributed by atoms with Crippen LogP contribution in [0.1, 0.15) is 32.6 Å². The minimum Gasteiger partial charge on any atom is -0.325 e. The van der Waals surface area contributed by atoms with Gasteiger partial charge in [0.05, 0.1) is 5.69 Å². The second kappa shape index (κ2) is 10.1. The average molecular weight is 446 g/mol. The molecule has 8 heteroatoms. The van der Waals surface area contributed by atoms with Gasteiger partial charge in [-0.05, 0) is 18.6 Å². The molecule has 2 aliphatic rings. The Morgan fingerprint density at radius 3 is 2.63 bits per heavy atom. The summed E-state index contributed by atoms with van der Waals surface area (Å²) >= 11 is 0. The average Bonchev–Trinajstić information content (AvgIpc) is 3.01. The van der Waals surface area contributed by atoms with Crippen LogP contribution in [0.4, 0.5) is 5.69 Å². The van der Waals surface area contributed by atoms with Gasteiger partial charge in [-0.25, -0.2) is 17.6 Å². The van der Waals surface area contributed by atoms with Crippen molar-refractivity contribution in [3.05, 3.63) is 82.6 Å². The number of hydrogen-bond donors (Lipinski definition) is 1. The molecule has 0 saturated carbocycles. The number of benzene rings is 1. The van der Waals surface area contributed by atoms with Crippen molar-refractivity contribution in [2.75, 3.05) is 6.54 Å². The zero-order valence-electron chi connectivity index (χ0n) is 16.8. The molecule has 1 aliphatic carbocycles. The molecule has 30 heavy (non-hydrogen) atoms. The molecule has 1 heterocycles. The number of allylic oxidation sites excluding steroid dienone is 4. The molecule has 1 aromatic rings. The SMILES string of the molecule is CCCCCCN1C=C(C=C2C=CC=C[C-]2S(=O)(=O)O)S(=O)C1=Nc1ccccc1. The lowest BCUT2D eigenvalue weighted by molar-refractivity contribution is 0.487. The maximum atomic E-state index is 13.2.